The zero-order valence-electron chi connectivity index (χ0n) is 15.8. The van der Waals surface area contributed by atoms with E-state index < -0.39 is 0 Å². The number of carbonyl (C=O) groups excluding carboxylic acids is 1. The topological polar surface area (TPSA) is 65.4 Å². The van der Waals surface area contributed by atoms with E-state index in [1.807, 2.05) is 0 Å². The van der Waals surface area contributed by atoms with Crippen LogP contribution < -0.4 is 5.32 Å². The maximum Gasteiger partial charge on any atom is 0.226 e. The highest BCUT2D eigenvalue weighted by Gasteiger charge is 2.26. The first-order valence-corrected chi connectivity index (χ1v) is 10.6. The summed E-state index contributed by atoms with van der Waals surface area (Å²) in [5.74, 6) is 0.00640. The van der Waals surface area contributed by atoms with Crippen LogP contribution in [-0.4, -0.2) is 42.6 Å². The summed E-state index contributed by atoms with van der Waals surface area (Å²) in [6, 6.07) is 2.73. The van der Waals surface area contributed by atoms with Gasteiger partial charge in [-0.1, -0.05) is 13.3 Å². The van der Waals surface area contributed by atoms with Crippen molar-refractivity contribution in [3.8, 4) is 6.07 Å². The fraction of sp³-hybridized carbons (Fsp3) is 0.700. The van der Waals surface area contributed by atoms with Crippen molar-refractivity contribution >= 4 is 22.2 Å². The Morgan fingerprint density at radius 2 is 2.19 bits per heavy atom. The van der Waals surface area contributed by atoms with Crippen molar-refractivity contribution in [2.75, 3.05) is 25.0 Å². The van der Waals surface area contributed by atoms with Crippen LogP contribution >= 0.6 is 11.3 Å². The molecule has 0 radical (unpaired) electrons. The lowest BCUT2D eigenvalue weighted by Crippen LogP contribution is -2.49. The molecular weight excluding hydrogens is 346 g/mol. The van der Waals surface area contributed by atoms with E-state index in [0.717, 1.165) is 50.4 Å². The van der Waals surface area contributed by atoms with Crippen LogP contribution in [0.2, 0.25) is 0 Å². The van der Waals surface area contributed by atoms with Gasteiger partial charge < -0.3 is 10.1 Å². The number of nitrogens with zero attached hydrogens (tertiary/aromatic N) is 2. The van der Waals surface area contributed by atoms with E-state index in [4.69, 9.17) is 4.74 Å². The van der Waals surface area contributed by atoms with Gasteiger partial charge in [0, 0.05) is 30.4 Å². The third kappa shape index (κ3) is 4.46. The molecule has 3 rings (SSSR count). The summed E-state index contributed by atoms with van der Waals surface area (Å²) in [4.78, 5) is 16.2. The minimum absolute atomic E-state index is 0.00640. The smallest absolute Gasteiger partial charge is 0.226 e. The van der Waals surface area contributed by atoms with Gasteiger partial charge in [0.1, 0.15) is 11.1 Å². The molecule has 0 bridgehead atoms. The van der Waals surface area contributed by atoms with Gasteiger partial charge in [-0.15, -0.1) is 11.3 Å². The lowest BCUT2D eigenvalue weighted by Gasteiger charge is -2.38. The highest BCUT2D eigenvalue weighted by atomic mass is 32.1. The Morgan fingerprint density at radius 3 is 2.96 bits per heavy atom. The first-order valence-electron chi connectivity index (χ1n) is 9.82. The lowest BCUT2D eigenvalue weighted by atomic mass is 10.1. The van der Waals surface area contributed by atoms with E-state index in [1.165, 1.54) is 23.3 Å². The van der Waals surface area contributed by atoms with Crippen molar-refractivity contribution in [3.05, 3.63) is 16.0 Å². The molecule has 5 nitrogen and oxygen atoms in total. The minimum atomic E-state index is 0.00640. The van der Waals surface area contributed by atoms with E-state index in [1.54, 1.807) is 11.3 Å². The van der Waals surface area contributed by atoms with Crippen LogP contribution in [0.15, 0.2) is 0 Å². The van der Waals surface area contributed by atoms with E-state index in [2.05, 4.69) is 30.1 Å². The molecule has 1 aliphatic carbocycles. The first-order chi connectivity index (χ1) is 12.6. The minimum Gasteiger partial charge on any atom is -0.376 e. The van der Waals surface area contributed by atoms with E-state index in [9.17, 15) is 10.1 Å². The molecule has 2 atom stereocenters. The molecule has 1 amide bonds. The highest BCUT2D eigenvalue weighted by Crippen LogP contribution is 2.37. The molecule has 1 saturated heterocycles. The number of anilines is 1. The lowest BCUT2D eigenvalue weighted by molar-refractivity contribution is -0.117. The zero-order valence-corrected chi connectivity index (χ0v) is 16.7. The van der Waals surface area contributed by atoms with Crippen LogP contribution in [0.25, 0.3) is 0 Å². The van der Waals surface area contributed by atoms with Crippen molar-refractivity contribution in [1.29, 1.82) is 5.26 Å². The fourth-order valence-electron chi connectivity index (χ4n) is 3.95. The Labute approximate surface area is 160 Å². The average molecular weight is 376 g/mol. The van der Waals surface area contributed by atoms with Crippen LogP contribution in [0.3, 0.4) is 0 Å². The number of nitriles is 1. The van der Waals surface area contributed by atoms with Gasteiger partial charge in [0.2, 0.25) is 5.91 Å². The van der Waals surface area contributed by atoms with Gasteiger partial charge in [-0.25, -0.2) is 0 Å². The van der Waals surface area contributed by atoms with Crippen molar-refractivity contribution in [3.63, 3.8) is 0 Å². The number of hydrogen-bond donors (Lipinski definition) is 1. The van der Waals surface area contributed by atoms with Gasteiger partial charge in [-0.3, -0.25) is 9.69 Å². The molecule has 0 unspecified atom stereocenters. The Morgan fingerprint density at radius 1 is 1.38 bits per heavy atom. The highest BCUT2D eigenvalue weighted by molar-refractivity contribution is 7.16. The van der Waals surface area contributed by atoms with Gasteiger partial charge >= 0.3 is 0 Å². The summed E-state index contributed by atoms with van der Waals surface area (Å²) < 4.78 is 5.72. The maximum atomic E-state index is 12.5. The van der Waals surface area contributed by atoms with Crippen molar-refractivity contribution in [2.24, 2.45) is 0 Å². The number of nitrogens with one attached hydrogen (secondary N) is 1. The maximum absolute atomic E-state index is 12.5. The first kappa shape index (κ1) is 19.3. The van der Waals surface area contributed by atoms with E-state index >= 15 is 0 Å². The second-order valence-electron chi connectivity index (χ2n) is 7.38. The number of morpholine rings is 1. The molecular formula is C20H29N3O2S. The number of ether oxygens (including phenoxy) is 1. The normalized spacial score (nSPS) is 23.7. The fourth-order valence-corrected chi connectivity index (χ4v) is 5.20. The number of amides is 1. The zero-order chi connectivity index (χ0) is 18.5. The molecule has 1 fully saturated rings. The van der Waals surface area contributed by atoms with Gasteiger partial charge in [0.05, 0.1) is 18.3 Å². The summed E-state index contributed by atoms with van der Waals surface area (Å²) in [7, 11) is 0. The molecule has 1 aromatic heterocycles. The van der Waals surface area contributed by atoms with Gasteiger partial charge in [0.15, 0.2) is 0 Å². The standard InChI is InChI=1S/C20H29N3O2S/c1-3-15-13-25-14(2)12-23(15)10-9-19(24)22-20-17(11-21)16-7-5-4-6-8-18(16)26-20/h14-15H,3-10,12-13H2,1-2H3,(H,22,24)/t14-,15+/m0/s1. The third-order valence-corrected chi connectivity index (χ3v) is 6.67. The Kier molecular flexibility index (Phi) is 6.68. The number of carbonyl (C=O) groups is 1. The summed E-state index contributed by atoms with van der Waals surface area (Å²) in [6.07, 6.45) is 7.26. The summed E-state index contributed by atoms with van der Waals surface area (Å²) in [5.41, 5.74) is 1.88. The number of rotatable bonds is 5. The number of fused-ring (bicyclic) bond motifs is 1. The number of hydrogen-bond acceptors (Lipinski definition) is 5. The Balaban J connectivity index is 1.61. The van der Waals surface area contributed by atoms with Crippen molar-refractivity contribution in [1.82, 2.24) is 4.90 Å². The quantitative estimate of drug-likeness (QED) is 0.797. The van der Waals surface area contributed by atoms with E-state index in [0.29, 0.717) is 18.0 Å². The van der Waals surface area contributed by atoms with Crippen LogP contribution in [-0.2, 0) is 22.4 Å². The molecule has 6 heteroatoms. The summed E-state index contributed by atoms with van der Waals surface area (Å²) in [6.45, 7) is 6.61. The predicted molar refractivity (Wildman–Crippen MR) is 105 cm³/mol. The molecule has 0 spiro atoms. The Bertz CT molecular complexity index is 679. The third-order valence-electron chi connectivity index (χ3n) is 5.46. The van der Waals surface area contributed by atoms with Gasteiger partial charge in [-0.05, 0) is 44.6 Å². The molecule has 2 aliphatic rings. The number of thiophene rings is 1. The second-order valence-corrected chi connectivity index (χ2v) is 8.48. The molecule has 0 saturated carbocycles. The Hall–Kier alpha value is -1.42. The van der Waals surface area contributed by atoms with Crippen LogP contribution in [0.1, 0.15) is 62.0 Å². The molecule has 26 heavy (non-hydrogen) atoms. The monoisotopic (exact) mass is 375 g/mol. The molecule has 2 heterocycles. The van der Waals surface area contributed by atoms with Crippen LogP contribution in [0.4, 0.5) is 5.00 Å². The predicted octanol–water partition coefficient (Wildman–Crippen LogP) is 3.72. The van der Waals surface area contributed by atoms with Crippen LogP contribution in [0.5, 0.6) is 0 Å². The van der Waals surface area contributed by atoms with Gasteiger partial charge in [-0.2, -0.15) is 5.26 Å². The molecule has 1 aromatic rings. The van der Waals surface area contributed by atoms with Gasteiger partial charge in [0.25, 0.3) is 0 Å². The SMILES string of the molecule is CC[C@@H]1CO[C@@H](C)CN1CCC(=O)Nc1sc2c(c1C#N)CCCCC2. The molecule has 1 N–H and O–H groups in total. The summed E-state index contributed by atoms with van der Waals surface area (Å²) in [5, 5.41) is 13.4. The average Bonchev–Trinajstić information content (AvgIpc) is 2.79. The summed E-state index contributed by atoms with van der Waals surface area (Å²) >= 11 is 1.61. The van der Waals surface area contributed by atoms with Crippen molar-refractivity contribution in [2.45, 2.75) is 70.9 Å². The molecule has 1 aliphatic heterocycles. The van der Waals surface area contributed by atoms with Crippen molar-refractivity contribution < 1.29 is 9.53 Å². The molecule has 0 aromatic carbocycles. The molecule has 142 valence electrons. The van der Waals surface area contributed by atoms with E-state index in [-0.39, 0.29) is 12.0 Å². The van der Waals surface area contributed by atoms with Crippen LogP contribution in [0, 0.1) is 11.3 Å². The number of aryl methyl sites for hydroxylation is 1. The largest absolute Gasteiger partial charge is 0.376 e. The second kappa shape index (κ2) is 8.98.